The molecular weight excluding hydrogens is 378 g/mol. The zero-order chi connectivity index (χ0) is 19.9. The second-order valence-corrected chi connectivity index (χ2v) is 7.63. The molecule has 0 spiro atoms. The number of benzene rings is 1. The van der Waals surface area contributed by atoms with Crippen molar-refractivity contribution in [1.29, 1.82) is 0 Å². The van der Waals surface area contributed by atoms with Gasteiger partial charge in [-0.05, 0) is 36.8 Å². The van der Waals surface area contributed by atoms with E-state index in [-0.39, 0.29) is 0 Å². The van der Waals surface area contributed by atoms with Gasteiger partial charge in [0, 0.05) is 16.7 Å². The smallest absolute Gasteiger partial charge is 0.339 e. The first-order chi connectivity index (χ1) is 13.6. The minimum Gasteiger partial charge on any atom is -0.467 e. The van der Waals surface area contributed by atoms with Gasteiger partial charge in [0.1, 0.15) is 6.04 Å². The predicted molar refractivity (Wildman–Crippen MR) is 105 cm³/mol. The van der Waals surface area contributed by atoms with Crippen molar-refractivity contribution in [3.63, 3.8) is 0 Å². The Labute approximate surface area is 167 Å². The van der Waals surface area contributed by atoms with Crippen molar-refractivity contribution in [3.05, 3.63) is 57.3 Å². The third kappa shape index (κ3) is 4.98. The zero-order valence-corrected chi connectivity index (χ0v) is 16.6. The first-order valence-corrected chi connectivity index (χ1v) is 10.1. The summed E-state index contributed by atoms with van der Waals surface area (Å²) < 4.78 is 9.95. The zero-order valence-electron chi connectivity index (χ0n) is 15.7. The molecule has 0 aliphatic heterocycles. The minimum absolute atomic E-state index is 0.297. The molecule has 2 aromatic rings. The van der Waals surface area contributed by atoms with Gasteiger partial charge in [-0.15, -0.1) is 11.3 Å². The fourth-order valence-corrected chi connectivity index (χ4v) is 4.41. The molecule has 0 fully saturated rings. The van der Waals surface area contributed by atoms with Gasteiger partial charge in [-0.2, -0.15) is 0 Å². The Bertz CT molecular complexity index is 846. The number of fused-ring (bicyclic) bond motifs is 1. The standard InChI is InChI=1S/C21H23NO5S/c1-26-21(25)17(11-14-7-3-2-4-8-14)22-19(23)12-27-20(24)16-13-28-18-10-6-5-9-15(16)18/h2-4,7-8,13,17H,5-6,9-12H2,1H3,(H,22,23)/t17-/m0/s1. The molecule has 1 amide bonds. The normalized spacial score (nSPS) is 13.9. The fraction of sp³-hybridized carbons (Fsp3) is 0.381. The molecule has 1 aliphatic carbocycles. The summed E-state index contributed by atoms with van der Waals surface area (Å²) in [6, 6.07) is 8.47. The largest absolute Gasteiger partial charge is 0.467 e. The third-order valence-electron chi connectivity index (χ3n) is 4.72. The molecule has 6 nitrogen and oxygen atoms in total. The first kappa shape index (κ1) is 20.1. The van der Waals surface area contributed by atoms with Crippen LogP contribution in [0, 0.1) is 0 Å². The number of rotatable bonds is 7. The van der Waals surface area contributed by atoms with Crippen LogP contribution in [0.2, 0.25) is 0 Å². The molecule has 28 heavy (non-hydrogen) atoms. The Morgan fingerprint density at radius 1 is 1.14 bits per heavy atom. The lowest BCUT2D eigenvalue weighted by Crippen LogP contribution is -2.44. The van der Waals surface area contributed by atoms with E-state index in [1.54, 1.807) is 11.3 Å². The van der Waals surface area contributed by atoms with Gasteiger partial charge in [0.05, 0.1) is 12.7 Å². The summed E-state index contributed by atoms with van der Waals surface area (Å²) in [6.07, 6.45) is 4.36. The Morgan fingerprint density at radius 2 is 1.89 bits per heavy atom. The van der Waals surface area contributed by atoms with E-state index in [4.69, 9.17) is 9.47 Å². The number of carbonyl (C=O) groups excluding carboxylic acids is 3. The highest BCUT2D eigenvalue weighted by molar-refractivity contribution is 7.10. The van der Waals surface area contributed by atoms with E-state index < -0.39 is 30.5 Å². The third-order valence-corrected chi connectivity index (χ3v) is 5.81. The molecule has 1 aromatic carbocycles. The number of aryl methyl sites for hydroxylation is 1. The second-order valence-electron chi connectivity index (χ2n) is 6.67. The summed E-state index contributed by atoms with van der Waals surface area (Å²) in [5.41, 5.74) is 2.50. The van der Waals surface area contributed by atoms with Crippen LogP contribution in [0.5, 0.6) is 0 Å². The maximum atomic E-state index is 12.4. The van der Waals surface area contributed by atoms with Crippen molar-refractivity contribution in [3.8, 4) is 0 Å². The lowest BCUT2D eigenvalue weighted by atomic mass is 9.96. The van der Waals surface area contributed by atoms with E-state index in [0.29, 0.717) is 12.0 Å². The number of ether oxygens (including phenoxy) is 2. The summed E-state index contributed by atoms with van der Waals surface area (Å²) in [7, 11) is 1.27. The van der Waals surface area contributed by atoms with E-state index in [1.165, 1.54) is 12.0 Å². The molecule has 3 rings (SSSR count). The van der Waals surface area contributed by atoms with Crippen molar-refractivity contribution in [2.24, 2.45) is 0 Å². The first-order valence-electron chi connectivity index (χ1n) is 9.26. The number of nitrogens with one attached hydrogen (secondary N) is 1. The van der Waals surface area contributed by atoms with E-state index in [0.717, 1.165) is 36.8 Å². The number of thiophene rings is 1. The average Bonchev–Trinajstić information content (AvgIpc) is 3.16. The Balaban J connectivity index is 1.56. The van der Waals surface area contributed by atoms with Crippen LogP contribution in [-0.2, 0) is 38.3 Å². The number of methoxy groups -OCH3 is 1. The van der Waals surface area contributed by atoms with Gasteiger partial charge in [-0.25, -0.2) is 9.59 Å². The summed E-state index contributed by atoms with van der Waals surface area (Å²) in [4.78, 5) is 37.8. The van der Waals surface area contributed by atoms with E-state index in [1.807, 2.05) is 35.7 Å². The van der Waals surface area contributed by atoms with Gasteiger partial charge in [-0.3, -0.25) is 4.79 Å². The number of hydrogen-bond acceptors (Lipinski definition) is 6. The van der Waals surface area contributed by atoms with Gasteiger partial charge in [0.15, 0.2) is 6.61 Å². The van der Waals surface area contributed by atoms with Crippen molar-refractivity contribution in [2.75, 3.05) is 13.7 Å². The summed E-state index contributed by atoms with van der Waals surface area (Å²) in [5, 5.41) is 4.40. The molecule has 1 heterocycles. The van der Waals surface area contributed by atoms with Gasteiger partial charge >= 0.3 is 11.9 Å². The van der Waals surface area contributed by atoms with Crippen LogP contribution in [-0.4, -0.2) is 37.6 Å². The van der Waals surface area contributed by atoms with Crippen molar-refractivity contribution in [2.45, 2.75) is 38.1 Å². The van der Waals surface area contributed by atoms with Crippen LogP contribution in [0.1, 0.15) is 39.2 Å². The van der Waals surface area contributed by atoms with Crippen LogP contribution in [0.3, 0.4) is 0 Å². The maximum Gasteiger partial charge on any atom is 0.339 e. The minimum atomic E-state index is -0.840. The van der Waals surface area contributed by atoms with Crippen LogP contribution in [0.15, 0.2) is 35.7 Å². The molecular formula is C21H23NO5S. The van der Waals surface area contributed by atoms with Crippen molar-refractivity contribution in [1.82, 2.24) is 5.32 Å². The van der Waals surface area contributed by atoms with Crippen LogP contribution >= 0.6 is 11.3 Å². The topological polar surface area (TPSA) is 81.7 Å². The van der Waals surface area contributed by atoms with Gasteiger partial charge < -0.3 is 14.8 Å². The van der Waals surface area contributed by atoms with Gasteiger partial charge in [0.25, 0.3) is 5.91 Å². The molecule has 0 bridgehead atoms. The van der Waals surface area contributed by atoms with E-state index in [9.17, 15) is 14.4 Å². The molecule has 1 N–H and O–H groups in total. The van der Waals surface area contributed by atoms with E-state index >= 15 is 0 Å². The molecule has 0 saturated carbocycles. The number of hydrogen-bond donors (Lipinski definition) is 1. The van der Waals surface area contributed by atoms with Crippen LogP contribution in [0.4, 0.5) is 0 Å². The molecule has 1 aliphatic rings. The number of esters is 2. The molecule has 0 saturated heterocycles. The highest BCUT2D eigenvalue weighted by Gasteiger charge is 2.24. The molecule has 1 atom stereocenters. The summed E-state index contributed by atoms with van der Waals surface area (Å²) in [5.74, 6) is -1.58. The molecule has 148 valence electrons. The molecule has 1 aromatic heterocycles. The second kappa shape index (κ2) is 9.50. The van der Waals surface area contributed by atoms with Crippen LogP contribution < -0.4 is 5.32 Å². The molecule has 0 unspecified atom stereocenters. The highest BCUT2D eigenvalue weighted by Crippen LogP contribution is 2.30. The Kier molecular flexibility index (Phi) is 6.81. The summed E-state index contributed by atoms with van der Waals surface area (Å²) >= 11 is 1.57. The predicted octanol–water partition coefficient (Wildman–Crippen LogP) is 2.68. The molecule has 0 radical (unpaired) electrons. The quantitative estimate of drug-likeness (QED) is 0.722. The lowest BCUT2D eigenvalue weighted by Gasteiger charge is -2.17. The van der Waals surface area contributed by atoms with Crippen molar-refractivity contribution < 1.29 is 23.9 Å². The van der Waals surface area contributed by atoms with Gasteiger partial charge in [-0.1, -0.05) is 30.3 Å². The Hall–Kier alpha value is -2.67. The van der Waals surface area contributed by atoms with Crippen molar-refractivity contribution >= 4 is 29.2 Å². The van der Waals surface area contributed by atoms with Gasteiger partial charge in [0.2, 0.25) is 0 Å². The average molecular weight is 401 g/mol. The lowest BCUT2D eigenvalue weighted by molar-refractivity contribution is -0.145. The maximum absolute atomic E-state index is 12.4. The summed E-state index contributed by atoms with van der Waals surface area (Å²) in [6.45, 7) is -0.439. The van der Waals surface area contributed by atoms with E-state index in [2.05, 4.69) is 5.32 Å². The number of amides is 1. The SMILES string of the molecule is COC(=O)[C@H](Cc1ccccc1)NC(=O)COC(=O)c1csc2c1CCCC2. The monoisotopic (exact) mass is 401 g/mol. The highest BCUT2D eigenvalue weighted by atomic mass is 32.1. The van der Waals surface area contributed by atoms with Crippen LogP contribution in [0.25, 0.3) is 0 Å². The molecule has 7 heteroatoms. The number of carbonyl (C=O) groups is 3. The fourth-order valence-electron chi connectivity index (χ4n) is 3.30. The Morgan fingerprint density at radius 3 is 2.64 bits per heavy atom.